The summed E-state index contributed by atoms with van der Waals surface area (Å²) in [6.07, 6.45) is 1.55. The molecule has 142 valence electrons. The van der Waals surface area contributed by atoms with Crippen molar-refractivity contribution in [3.8, 4) is 0 Å². The topological polar surface area (TPSA) is 81.8 Å². The Bertz CT molecular complexity index is 664. The van der Waals surface area contributed by atoms with E-state index in [1.54, 1.807) is 19.2 Å². The Kier molecular flexibility index (Phi) is 6.23. The minimum atomic E-state index is -0.350. The first-order valence-corrected chi connectivity index (χ1v) is 8.84. The van der Waals surface area contributed by atoms with E-state index in [-0.39, 0.29) is 29.9 Å². The maximum atomic E-state index is 12.2. The molecule has 0 saturated carbocycles. The number of carbonyl (C=O) groups excluding carboxylic acids is 3. The van der Waals surface area contributed by atoms with Crippen molar-refractivity contribution in [1.29, 1.82) is 0 Å². The summed E-state index contributed by atoms with van der Waals surface area (Å²) in [4.78, 5) is 38.9. The highest BCUT2D eigenvalue weighted by molar-refractivity contribution is 5.92. The number of benzene rings is 1. The molecule has 0 aliphatic carbocycles. The SMILES string of the molecule is CN(CC(=O)NC(C)(C)C)C(=O)Nc1ccc(CN2CCCC2=O)cc1. The monoisotopic (exact) mass is 360 g/mol. The van der Waals surface area contributed by atoms with Crippen LogP contribution >= 0.6 is 0 Å². The Morgan fingerprint density at radius 3 is 2.38 bits per heavy atom. The molecule has 2 N–H and O–H groups in total. The van der Waals surface area contributed by atoms with Gasteiger partial charge >= 0.3 is 6.03 Å². The Labute approximate surface area is 154 Å². The molecule has 1 aromatic rings. The van der Waals surface area contributed by atoms with Crippen LogP contribution in [0.1, 0.15) is 39.2 Å². The average molecular weight is 360 g/mol. The first-order chi connectivity index (χ1) is 12.1. The number of likely N-dealkylation sites (N-methyl/N-ethyl adjacent to an activating group) is 1. The normalized spacial score (nSPS) is 14.3. The molecule has 26 heavy (non-hydrogen) atoms. The number of amides is 4. The first kappa shape index (κ1) is 19.8. The quantitative estimate of drug-likeness (QED) is 0.844. The highest BCUT2D eigenvalue weighted by Gasteiger charge is 2.20. The molecule has 1 fully saturated rings. The van der Waals surface area contributed by atoms with E-state index in [0.717, 1.165) is 18.5 Å². The summed E-state index contributed by atoms with van der Waals surface area (Å²) >= 11 is 0. The summed E-state index contributed by atoms with van der Waals surface area (Å²) in [7, 11) is 1.57. The number of likely N-dealkylation sites (tertiary alicyclic amines) is 1. The van der Waals surface area contributed by atoms with Crippen molar-refractivity contribution in [3.05, 3.63) is 29.8 Å². The van der Waals surface area contributed by atoms with E-state index in [1.165, 1.54) is 4.90 Å². The van der Waals surface area contributed by atoms with Gasteiger partial charge in [-0.05, 0) is 44.9 Å². The molecule has 0 spiro atoms. The molecule has 1 heterocycles. The number of carbonyl (C=O) groups is 3. The number of nitrogens with one attached hydrogen (secondary N) is 2. The molecule has 0 unspecified atom stereocenters. The molecule has 7 heteroatoms. The second kappa shape index (κ2) is 8.21. The van der Waals surface area contributed by atoms with Crippen LogP contribution in [0, 0.1) is 0 Å². The van der Waals surface area contributed by atoms with Gasteiger partial charge in [0.05, 0.1) is 0 Å². The lowest BCUT2D eigenvalue weighted by Gasteiger charge is -2.23. The van der Waals surface area contributed by atoms with Gasteiger partial charge in [-0.2, -0.15) is 0 Å². The van der Waals surface area contributed by atoms with Crippen LogP contribution < -0.4 is 10.6 Å². The fourth-order valence-corrected chi connectivity index (χ4v) is 2.75. The third-order valence-corrected chi connectivity index (χ3v) is 3.99. The Morgan fingerprint density at radius 2 is 1.85 bits per heavy atom. The smallest absolute Gasteiger partial charge is 0.322 e. The highest BCUT2D eigenvalue weighted by atomic mass is 16.2. The summed E-state index contributed by atoms with van der Waals surface area (Å²) in [5.41, 5.74) is 1.34. The zero-order valence-corrected chi connectivity index (χ0v) is 16.0. The van der Waals surface area contributed by atoms with E-state index in [2.05, 4.69) is 10.6 Å². The van der Waals surface area contributed by atoms with E-state index in [4.69, 9.17) is 0 Å². The Morgan fingerprint density at radius 1 is 1.19 bits per heavy atom. The third kappa shape index (κ3) is 6.06. The van der Waals surface area contributed by atoms with Crippen LogP contribution in [0.2, 0.25) is 0 Å². The molecule has 0 atom stereocenters. The molecule has 1 aromatic carbocycles. The zero-order valence-electron chi connectivity index (χ0n) is 16.0. The van der Waals surface area contributed by atoms with E-state index < -0.39 is 0 Å². The van der Waals surface area contributed by atoms with Crippen molar-refractivity contribution >= 4 is 23.5 Å². The number of rotatable bonds is 5. The van der Waals surface area contributed by atoms with Gasteiger partial charge in [-0.3, -0.25) is 9.59 Å². The number of anilines is 1. The maximum Gasteiger partial charge on any atom is 0.322 e. The van der Waals surface area contributed by atoms with Crippen LogP contribution in [0.5, 0.6) is 0 Å². The fourth-order valence-electron chi connectivity index (χ4n) is 2.75. The van der Waals surface area contributed by atoms with Crippen LogP contribution in [-0.4, -0.2) is 53.3 Å². The van der Waals surface area contributed by atoms with Crippen molar-refractivity contribution in [3.63, 3.8) is 0 Å². The number of hydrogen-bond acceptors (Lipinski definition) is 3. The lowest BCUT2D eigenvalue weighted by atomic mass is 10.1. The van der Waals surface area contributed by atoms with Crippen LogP contribution in [0.4, 0.5) is 10.5 Å². The van der Waals surface area contributed by atoms with Crippen molar-refractivity contribution in [1.82, 2.24) is 15.1 Å². The van der Waals surface area contributed by atoms with Gasteiger partial charge in [-0.25, -0.2) is 4.79 Å². The predicted molar refractivity (Wildman–Crippen MR) is 101 cm³/mol. The summed E-state index contributed by atoms with van der Waals surface area (Å²) in [6, 6.07) is 7.05. The van der Waals surface area contributed by atoms with Crippen molar-refractivity contribution in [2.75, 3.05) is 25.5 Å². The van der Waals surface area contributed by atoms with Gasteiger partial charge < -0.3 is 20.4 Å². The lowest BCUT2D eigenvalue weighted by molar-refractivity contribution is -0.128. The van der Waals surface area contributed by atoms with E-state index >= 15 is 0 Å². The summed E-state index contributed by atoms with van der Waals surface area (Å²) in [5.74, 6) is -0.0154. The average Bonchev–Trinajstić information content (AvgIpc) is 2.92. The van der Waals surface area contributed by atoms with Crippen molar-refractivity contribution in [2.45, 2.75) is 45.7 Å². The molecule has 0 aromatic heterocycles. The molecule has 2 rings (SSSR count). The van der Waals surface area contributed by atoms with Crippen LogP contribution in [0.3, 0.4) is 0 Å². The predicted octanol–water partition coefficient (Wildman–Crippen LogP) is 2.19. The fraction of sp³-hybridized carbons (Fsp3) is 0.526. The third-order valence-electron chi connectivity index (χ3n) is 3.99. The lowest BCUT2D eigenvalue weighted by Crippen LogP contribution is -2.47. The highest BCUT2D eigenvalue weighted by Crippen LogP contribution is 2.16. The second-order valence-electron chi connectivity index (χ2n) is 7.70. The van der Waals surface area contributed by atoms with E-state index in [0.29, 0.717) is 18.7 Å². The van der Waals surface area contributed by atoms with Crippen LogP contribution in [0.25, 0.3) is 0 Å². The zero-order chi connectivity index (χ0) is 19.3. The van der Waals surface area contributed by atoms with Gasteiger partial charge in [-0.15, -0.1) is 0 Å². The van der Waals surface area contributed by atoms with Gasteiger partial charge in [0.25, 0.3) is 0 Å². The van der Waals surface area contributed by atoms with Crippen molar-refractivity contribution < 1.29 is 14.4 Å². The molecule has 7 nitrogen and oxygen atoms in total. The number of nitrogens with zero attached hydrogens (tertiary/aromatic N) is 2. The van der Waals surface area contributed by atoms with E-state index in [9.17, 15) is 14.4 Å². The molecule has 0 radical (unpaired) electrons. The molecule has 1 saturated heterocycles. The van der Waals surface area contributed by atoms with Gasteiger partial charge in [0.15, 0.2) is 0 Å². The van der Waals surface area contributed by atoms with Crippen LogP contribution in [0.15, 0.2) is 24.3 Å². The van der Waals surface area contributed by atoms with Crippen LogP contribution in [-0.2, 0) is 16.1 Å². The summed E-state index contributed by atoms with van der Waals surface area (Å²) in [6.45, 7) is 7.06. The van der Waals surface area contributed by atoms with Gasteiger partial charge in [0, 0.05) is 37.8 Å². The number of urea groups is 1. The minimum absolute atomic E-state index is 0.0156. The largest absolute Gasteiger partial charge is 0.350 e. The maximum absolute atomic E-state index is 12.2. The summed E-state index contributed by atoms with van der Waals surface area (Å²) in [5, 5.41) is 5.59. The number of hydrogen-bond donors (Lipinski definition) is 2. The Balaban J connectivity index is 1.84. The standard InChI is InChI=1S/C19H28N4O3/c1-19(2,3)21-16(24)13-22(4)18(26)20-15-9-7-14(8-10-15)12-23-11-5-6-17(23)25/h7-10H,5-6,11-13H2,1-4H3,(H,20,26)(H,21,24). The van der Waals surface area contributed by atoms with Crippen molar-refractivity contribution in [2.24, 2.45) is 0 Å². The molecule has 4 amide bonds. The molecule has 1 aliphatic heterocycles. The van der Waals surface area contributed by atoms with Gasteiger partial charge in [0.1, 0.15) is 6.54 Å². The Hall–Kier alpha value is -2.57. The van der Waals surface area contributed by atoms with E-state index in [1.807, 2.05) is 37.8 Å². The first-order valence-electron chi connectivity index (χ1n) is 8.84. The van der Waals surface area contributed by atoms with Gasteiger partial charge in [0.2, 0.25) is 11.8 Å². The minimum Gasteiger partial charge on any atom is -0.350 e. The van der Waals surface area contributed by atoms with Gasteiger partial charge in [-0.1, -0.05) is 12.1 Å². The molecule has 0 bridgehead atoms. The molecule has 1 aliphatic rings. The second-order valence-corrected chi connectivity index (χ2v) is 7.70. The summed E-state index contributed by atoms with van der Waals surface area (Å²) < 4.78 is 0. The molecular formula is C19H28N4O3. The molecular weight excluding hydrogens is 332 g/mol.